The van der Waals surface area contributed by atoms with Crippen molar-refractivity contribution in [3.8, 4) is 11.5 Å². The first-order chi connectivity index (χ1) is 12.7. The van der Waals surface area contributed by atoms with Crippen molar-refractivity contribution < 1.29 is 32.2 Å². The number of rotatable bonds is 1. The zero-order valence-corrected chi connectivity index (χ0v) is 14.6. The van der Waals surface area contributed by atoms with E-state index in [1.807, 2.05) is 0 Å². The molecule has 0 bridgehead atoms. The summed E-state index contributed by atoms with van der Waals surface area (Å²) in [6, 6.07) is 4.67. The van der Waals surface area contributed by atoms with E-state index < -0.39 is 34.9 Å². The van der Waals surface area contributed by atoms with Crippen molar-refractivity contribution in [1.82, 2.24) is 0 Å². The summed E-state index contributed by atoms with van der Waals surface area (Å²) in [7, 11) is 0. The monoisotopic (exact) mass is 376 g/mol. The maximum absolute atomic E-state index is 13.8. The Morgan fingerprint density at radius 2 is 1.74 bits per heavy atom. The molecular weight excluding hydrogens is 361 g/mol. The number of carbonyl (C=O) groups is 2. The van der Waals surface area contributed by atoms with Crippen LogP contribution in [0.4, 0.5) is 13.2 Å². The lowest BCUT2D eigenvalue weighted by Crippen LogP contribution is -2.37. The minimum Gasteiger partial charge on any atom is -0.486 e. The van der Waals surface area contributed by atoms with Crippen LogP contribution in [0.3, 0.4) is 0 Å². The van der Waals surface area contributed by atoms with Gasteiger partial charge in [-0.3, -0.25) is 9.59 Å². The number of hydrogen-bond acceptors (Lipinski definition) is 4. The molecule has 7 heteroatoms. The summed E-state index contributed by atoms with van der Waals surface area (Å²) in [6.07, 6.45) is -0.0466. The molecule has 0 amide bonds. The largest absolute Gasteiger partial charge is 0.486 e. The molecule has 0 aromatic heterocycles. The number of ketones is 1. The number of benzene rings is 2. The Bertz CT molecular complexity index is 974. The van der Waals surface area contributed by atoms with Gasteiger partial charge in [0, 0.05) is 11.5 Å². The van der Waals surface area contributed by atoms with E-state index in [1.54, 1.807) is 13.8 Å². The first-order valence-corrected chi connectivity index (χ1v) is 8.40. The lowest BCUT2D eigenvalue weighted by molar-refractivity contribution is -0.135. The molecule has 2 aliphatic heterocycles. The molecule has 0 saturated carbocycles. The van der Waals surface area contributed by atoms with Crippen LogP contribution < -0.4 is 9.47 Å². The fraction of sp³-hybridized carbons (Fsp3) is 0.300. The Labute approximate surface area is 152 Å². The fourth-order valence-corrected chi connectivity index (χ4v) is 3.62. The zero-order valence-electron chi connectivity index (χ0n) is 14.6. The van der Waals surface area contributed by atoms with Crippen LogP contribution in [0.25, 0.3) is 0 Å². The molecule has 0 spiro atoms. The molecule has 27 heavy (non-hydrogen) atoms. The smallest absolute Gasteiger partial charge is 0.312 e. The lowest BCUT2D eigenvalue weighted by Gasteiger charge is -2.36. The summed E-state index contributed by atoms with van der Waals surface area (Å²) < 4.78 is 52.1. The van der Waals surface area contributed by atoms with Crippen LogP contribution >= 0.6 is 0 Å². The van der Waals surface area contributed by atoms with Crippen LogP contribution in [-0.4, -0.2) is 17.4 Å². The number of hydrogen-bond donors (Lipinski definition) is 0. The number of carbonyl (C=O) groups excluding carboxylic acids is 2. The third kappa shape index (κ3) is 2.87. The van der Waals surface area contributed by atoms with E-state index in [1.165, 1.54) is 12.1 Å². The third-order valence-corrected chi connectivity index (χ3v) is 4.77. The van der Waals surface area contributed by atoms with Gasteiger partial charge in [-0.15, -0.1) is 0 Å². The number of esters is 1. The number of fused-ring (bicyclic) bond motifs is 3. The van der Waals surface area contributed by atoms with E-state index in [-0.39, 0.29) is 35.7 Å². The predicted molar refractivity (Wildman–Crippen MR) is 88.5 cm³/mol. The Hall–Kier alpha value is -2.83. The SMILES string of the molecule is CC1(C)CC(=O)c2ccc3c(c2O1)[C@@H](c1cc(F)c(F)c(F)c1)CC(=O)O3. The van der Waals surface area contributed by atoms with Crippen LogP contribution in [-0.2, 0) is 4.79 Å². The molecule has 2 aromatic rings. The van der Waals surface area contributed by atoms with Gasteiger partial charge in [-0.1, -0.05) is 0 Å². The molecule has 140 valence electrons. The summed E-state index contributed by atoms with van der Waals surface area (Å²) >= 11 is 0. The van der Waals surface area contributed by atoms with Crippen LogP contribution in [0.2, 0.25) is 0 Å². The van der Waals surface area contributed by atoms with Gasteiger partial charge in [0.05, 0.1) is 18.4 Å². The van der Waals surface area contributed by atoms with Gasteiger partial charge >= 0.3 is 5.97 Å². The standard InChI is InChI=1S/C20H15F3O4/c1-20(2)8-14(24)10-3-4-15-17(19(10)27-20)11(7-16(25)26-15)9-5-12(21)18(23)13(22)6-9/h3-6,11H,7-8H2,1-2H3/t11-/m1/s1. The molecule has 0 saturated heterocycles. The van der Waals surface area contributed by atoms with Gasteiger partial charge in [0.25, 0.3) is 0 Å². The van der Waals surface area contributed by atoms with Crippen molar-refractivity contribution >= 4 is 11.8 Å². The topological polar surface area (TPSA) is 52.6 Å². The molecule has 0 radical (unpaired) electrons. The van der Waals surface area contributed by atoms with Crippen molar-refractivity contribution in [3.05, 3.63) is 58.4 Å². The van der Waals surface area contributed by atoms with Crippen LogP contribution in [0.1, 0.15) is 54.1 Å². The minimum absolute atomic E-state index is 0.0668. The number of halogens is 3. The summed E-state index contributed by atoms with van der Waals surface area (Å²) in [4.78, 5) is 24.5. The average molecular weight is 376 g/mol. The van der Waals surface area contributed by atoms with Crippen LogP contribution in [0.15, 0.2) is 24.3 Å². The highest BCUT2D eigenvalue weighted by atomic mass is 19.2. The van der Waals surface area contributed by atoms with Gasteiger partial charge in [-0.2, -0.15) is 0 Å². The van der Waals surface area contributed by atoms with Gasteiger partial charge in [-0.25, -0.2) is 13.2 Å². The molecule has 4 nitrogen and oxygen atoms in total. The van der Waals surface area contributed by atoms with E-state index in [2.05, 4.69) is 0 Å². The highest BCUT2D eigenvalue weighted by Gasteiger charge is 2.40. The summed E-state index contributed by atoms with van der Waals surface area (Å²) in [5.74, 6) is -5.47. The van der Waals surface area contributed by atoms with Gasteiger partial charge in [0.2, 0.25) is 0 Å². The van der Waals surface area contributed by atoms with E-state index in [4.69, 9.17) is 9.47 Å². The number of Topliss-reactive ketones (excluding diaryl/α,β-unsaturated/α-hetero) is 1. The quantitative estimate of drug-likeness (QED) is 0.423. The third-order valence-electron chi connectivity index (χ3n) is 4.77. The van der Waals surface area contributed by atoms with E-state index in [0.717, 1.165) is 12.1 Å². The van der Waals surface area contributed by atoms with Gasteiger partial charge < -0.3 is 9.47 Å². The van der Waals surface area contributed by atoms with Gasteiger partial charge in [0.15, 0.2) is 23.2 Å². The van der Waals surface area contributed by atoms with Crippen molar-refractivity contribution in [1.29, 1.82) is 0 Å². The van der Waals surface area contributed by atoms with Crippen LogP contribution in [0, 0.1) is 17.5 Å². The molecule has 2 heterocycles. The first-order valence-electron chi connectivity index (χ1n) is 8.40. The fourth-order valence-electron chi connectivity index (χ4n) is 3.62. The second-order valence-electron chi connectivity index (χ2n) is 7.35. The molecule has 0 aliphatic carbocycles. The number of ether oxygens (including phenoxy) is 2. The Morgan fingerprint density at radius 3 is 2.41 bits per heavy atom. The Balaban J connectivity index is 1.95. The highest BCUT2D eigenvalue weighted by molar-refractivity contribution is 6.01. The molecular formula is C20H15F3O4. The maximum atomic E-state index is 13.8. The van der Waals surface area contributed by atoms with Crippen molar-refractivity contribution in [2.24, 2.45) is 0 Å². The molecule has 2 aromatic carbocycles. The predicted octanol–water partition coefficient (Wildman–Crippen LogP) is 4.29. The second kappa shape index (κ2) is 5.84. The lowest BCUT2D eigenvalue weighted by atomic mass is 9.82. The molecule has 2 aliphatic rings. The van der Waals surface area contributed by atoms with E-state index >= 15 is 0 Å². The Kier molecular flexibility index (Phi) is 3.80. The minimum atomic E-state index is -1.58. The Morgan fingerprint density at radius 1 is 1.07 bits per heavy atom. The maximum Gasteiger partial charge on any atom is 0.312 e. The molecule has 0 N–H and O–H groups in total. The van der Waals surface area contributed by atoms with Gasteiger partial charge in [0.1, 0.15) is 17.1 Å². The molecule has 0 fully saturated rings. The van der Waals surface area contributed by atoms with Crippen molar-refractivity contribution in [2.75, 3.05) is 0 Å². The second-order valence-corrected chi connectivity index (χ2v) is 7.35. The van der Waals surface area contributed by atoms with E-state index in [0.29, 0.717) is 11.1 Å². The summed E-state index contributed by atoms with van der Waals surface area (Å²) in [5, 5.41) is 0. The van der Waals surface area contributed by atoms with Crippen molar-refractivity contribution in [2.45, 2.75) is 38.2 Å². The molecule has 1 atom stereocenters. The van der Waals surface area contributed by atoms with E-state index in [9.17, 15) is 22.8 Å². The van der Waals surface area contributed by atoms with Crippen molar-refractivity contribution in [3.63, 3.8) is 0 Å². The summed E-state index contributed by atoms with van der Waals surface area (Å²) in [5.41, 5.74) is -0.0420. The van der Waals surface area contributed by atoms with Crippen LogP contribution in [0.5, 0.6) is 11.5 Å². The zero-order chi connectivity index (χ0) is 19.5. The first kappa shape index (κ1) is 17.6. The van der Waals surface area contributed by atoms with Gasteiger partial charge in [-0.05, 0) is 43.7 Å². The normalized spacial score (nSPS) is 20.4. The average Bonchev–Trinajstić information content (AvgIpc) is 2.57. The molecule has 4 rings (SSSR count). The highest BCUT2D eigenvalue weighted by Crippen LogP contribution is 2.49. The summed E-state index contributed by atoms with van der Waals surface area (Å²) in [6.45, 7) is 3.49. The molecule has 0 unspecified atom stereocenters.